The van der Waals surface area contributed by atoms with Crippen LogP contribution in [0.4, 0.5) is 0 Å². The molecule has 0 radical (unpaired) electrons. The van der Waals surface area contributed by atoms with Crippen molar-refractivity contribution in [1.29, 1.82) is 0 Å². The van der Waals surface area contributed by atoms with Gasteiger partial charge in [0.25, 0.3) is 0 Å². The Balaban J connectivity index is 1.94. The molecule has 1 aromatic carbocycles. The molecule has 118 valence electrons. The molecule has 0 spiro atoms. The highest BCUT2D eigenvalue weighted by atomic mass is 16.4. The van der Waals surface area contributed by atoms with E-state index in [0.717, 1.165) is 50.6 Å². The van der Waals surface area contributed by atoms with Gasteiger partial charge in [0.1, 0.15) is 0 Å². The van der Waals surface area contributed by atoms with Crippen molar-refractivity contribution in [3.8, 4) is 0 Å². The van der Waals surface area contributed by atoms with Crippen molar-refractivity contribution in [2.75, 3.05) is 13.6 Å². The lowest BCUT2D eigenvalue weighted by atomic mass is 9.49. The van der Waals surface area contributed by atoms with Gasteiger partial charge in [0.05, 0.1) is 11.2 Å². The number of carbonyl (C=O) groups is 1. The highest BCUT2D eigenvalue weighted by Gasteiger charge is 2.62. The van der Waals surface area contributed by atoms with Crippen molar-refractivity contribution in [2.45, 2.75) is 55.6 Å². The Labute approximate surface area is 130 Å². The second kappa shape index (κ2) is 4.56. The minimum absolute atomic E-state index is 0.157. The highest BCUT2D eigenvalue weighted by molar-refractivity contribution is 5.88. The number of hydrogen-bond acceptors (Lipinski definition) is 3. The topological polar surface area (TPSA) is 60.8 Å². The molecule has 1 saturated heterocycles. The van der Waals surface area contributed by atoms with Crippen LogP contribution in [0.1, 0.15) is 53.6 Å². The number of fused-ring (bicyclic) bond motifs is 1. The van der Waals surface area contributed by atoms with E-state index in [1.165, 1.54) is 5.56 Å². The Morgan fingerprint density at radius 3 is 2.82 bits per heavy atom. The van der Waals surface area contributed by atoms with Gasteiger partial charge in [-0.15, -0.1) is 0 Å². The fraction of sp³-hybridized carbons (Fsp3) is 0.611. The molecule has 1 aliphatic heterocycles. The number of piperidine rings is 1. The summed E-state index contributed by atoms with van der Waals surface area (Å²) in [4.78, 5) is 13.7. The van der Waals surface area contributed by atoms with Crippen LogP contribution in [0.2, 0.25) is 0 Å². The van der Waals surface area contributed by atoms with Crippen LogP contribution in [0.15, 0.2) is 18.2 Å². The summed E-state index contributed by atoms with van der Waals surface area (Å²) in [5.74, 6) is -0.881. The van der Waals surface area contributed by atoms with Crippen molar-refractivity contribution in [3.63, 3.8) is 0 Å². The summed E-state index contributed by atoms with van der Waals surface area (Å²) in [5.41, 5.74) is 1.73. The first kappa shape index (κ1) is 14.2. The first-order valence-electron chi connectivity index (χ1n) is 8.27. The molecule has 3 aliphatic rings. The maximum atomic E-state index is 11.6. The summed E-state index contributed by atoms with van der Waals surface area (Å²) in [5, 5.41) is 21.0. The molecule has 1 heterocycles. The quantitative estimate of drug-likeness (QED) is 0.835. The maximum absolute atomic E-state index is 11.6. The highest BCUT2D eigenvalue weighted by Crippen LogP contribution is 2.57. The van der Waals surface area contributed by atoms with E-state index in [4.69, 9.17) is 0 Å². The second-order valence-corrected chi connectivity index (χ2v) is 7.34. The lowest BCUT2D eigenvalue weighted by Crippen LogP contribution is -2.71. The number of rotatable bonds is 1. The molecule has 22 heavy (non-hydrogen) atoms. The van der Waals surface area contributed by atoms with E-state index in [1.807, 2.05) is 12.1 Å². The number of aromatic carboxylic acids is 1. The van der Waals surface area contributed by atoms with E-state index in [1.54, 1.807) is 6.07 Å². The van der Waals surface area contributed by atoms with Gasteiger partial charge < -0.3 is 15.1 Å². The van der Waals surface area contributed by atoms with Crippen LogP contribution in [0, 0.1) is 0 Å². The van der Waals surface area contributed by atoms with Crippen LogP contribution in [0.3, 0.4) is 0 Å². The molecule has 4 nitrogen and oxygen atoms in total. The Morgan fingerprint density at radius 2 is 2.05 bits per heavy atom. The maximum Gasteiger partial charge on any atom is 0.335 e. The van der Waals surface area contributed by atoms with Crippen molar-refractivity contribution < 1.29 is 15.0 Å². The van der Waals surface area contributed by atoms with Crippen molar-refractivity contribution in [2.24, 2.45) is 0 Å². The van der Waals surface area contributed by atoms with E-state index < -0.39 is 11.6 Å². The van der Waals surface area contributed by atoms with Gasteiger partial charge >= 0.3 is 5.97 Å². The van der Waals surface area contributed by atoms with E-state index in [2.05, 4.69) is 11.9 Å². The monoisotopic (exact) mass is 301 g/mol. The van der Waals surface area contributed by atoms with Gasteiger partial charge in [0.15, 0.2) is 0 Å². The summed E-state index contributed by atoms with van der Waals surface area (Å²) >= 11 is 0. The molecule has 4 heteroatoms. The molecule has 1 saturated carbocycles. The molecule has 1 aromatic rings. The minimum atomic E-state index is -0.881. The lowest BCUT2D eigenvalue weighted by Gasteiger charge is -2.63. The Bertz CT molecular complexity index is 643. The number of carboxylic acid groups (broad SMARTS) is 1. The molecule has 0 amide bonds. The Morgan fingerprint density at radius 1 is 1.27 bits per heavy atom. The van der Waals surface area contributed by atoms with Gasteiger partial charge in [-0.25, -0.2) is 4.79 Å². The summed E-state index contributed by atoms with van der Waals surface area (Å²) in [7, 11) is 2.11. The van der Waals surface area contributed by atoms with E-state index in [0.29, 0.717) is 5.56 Å². The predicted molar refractivity (Wildman–Crippen MR) is 83.2 cm³/mol. The van der Waals surface area contributed by atoms with Gasteiger partial charge in [-0.3, -0.25) is 0 Å². The largest absolute Gasteiger partial charge is 0.478 e. The van der Waals surface area contributed by atoms with Gasteiger partial charge in [0.2, 0.25) is 0 Å². The standard InChI is InChI=1S/C18H23NO3/c1-19-9-8-17-6-2-3-7-18(17,22)15(19)11-12-4-5-13(16(20)21)10-14(12)17/h4-5,10,15,22H,2-3,6-9,11H2,1H3,(H,20,21)/t15-,17?,18-/m1/s1. The zero-order valence-corrected chi connectivity index (χ0v) is 13.0. The molecular formula is C18H23NO3. The van der Waals surface area contributed by atoms with Crippen LogP contribution in [-0.4, -0.2) is 46.3 Å². The van der Waals surface area contributed by atoms with E-state index >= 15 is 0 Å². The molecule has 1 unspecified atom stereocenters. The average Bonchev–Trinajstić information content (AvgIpc) is 2.50. The molecule has 2 bridgehead atoms. The van der Waals surface area contributed by atoms with Gasteiger partial charge in [0, 0.05) is 11.5 Å². The minimum Gasteiger partial charge on any atom is -0.478 e. The molecule has 2 aliphatic carbocycles. The zero-order valence-electron chi connectivity index (χ0n) is 13.0. The van der Waals surface area contributed by atoms with Crippen molar-refractivity contribution in [1.82, 2.24) is 4.90 Å². The lowest BCUT2D eigenvalue weighted by molar-refractivity contribution is -0.160. The number of benzene rings is 1. The fourth-order valence-corrected chi connectivity index (χ4v) is 5.36. The molecule has 2 N–H and O–H groups in total. The Kier molecular flexibility index (Phi) is 2.94. The Hall–Kier alpha value is -1.39. The SMILES string of the molecule is CN1CCC23CCCC[C@@]2(O)[C@H]1Cc1ccc(C(=O)O)cc13. The molecule has 2 fully saturated rings. The number of hydrogen-bond donors (Lipinski definition) is 2. The third kappa shape index (κ3) is 1.62. The molecule has 4 rings (SSSR count). The summed E-state index contributed by atoms with van der Waals surface area (Å²) in [6, 6.07) is 5.68. The third-order valence-electron chi connectivity index (χ3n) is 6.50. The summed E-state index contributed by atoms with van der Waals surface area (Å²) in [6.45, 7) is 0.976. The van der Waals surface area contributed by atoms with Crippen LogP contribution >= 0.6 is 0 Å². The number of nitrogens with zero attached hydrogens (tertiary/aromatic N) is 1. The number of carboxylic acids is 1. The second-order valence-electron chi connectivity index (χ2n) is 7.34. The van der Waals surface area contributed by atoms with Crippen LogP contribution in [0.5, 0.6) is 0 Å². The van der Waals surface area contributed by atoms with Gasteiger partial charge in [-0.1, -0.05) is 18.9 Å². The van der Waals surface area contributed by atoms with Crippen LogP contribution in [-0.2, 0) is 11.8 Å². The number of aliphatic hydroxyl groups is 1. The van der Waals surface area contributed by atoms with Gasteiger partial charge in [-0.05, 0) is 62.5 Å². The summed E-state index contributed by atoms with van der Waals surface area (Å²) < 4.78 is 0. The fourth-order valence-electron chi connectivity index (χ4n) is 5.36. The third-order valence-corrected chi connectivity index (χ3v) is 6.50. The predicted octanol–water partition coefficient (Wildman–Crippen LogP) is 2.19. The normalized spacial score (nSPS) is 37.3. The van der Waals surface area contributed by atoms with Crippen LogP contribution in [0.25, 0.3) is 0 Å². The van der Waals surface area contributed by atoms with Crippen molar-refractivity contribution >= 4 is 5.97 Å². The first-order chi connectivity index (χ1) is 10.5. The molecular weight excluding hydrogens is 278 g/mol. The number of likely N-dealkylation sites (N-methyl/N-ethyl adjacent to an activating group) is 1. The smallest absolute Gasteiger partial charge is 0.335 e. The van der Waals surface area contributed by atoms with Crippen molar-refractivity contribution in [3.05, 3.63) is 34.9 Å². The average molecular weight is 301 g/mol. The summed E-state index contributed by atoms with van der Waals surface area (Å²) in [6.07, 6.45) is 5.74. The zero-order chi connectivity index (χ0) is 15.5. The number of likely N-dealkylation sites (tertiary alicyclic amines) is 1. The van der Waals surface area contributed by atoms with Gasteiger partial charge in [-0.2, -0.15) is 0 Å². The van der Waals surface area contributed by atoms with E-state index in [9.17, 15) is 15.0 Å². The first-order valence-corrected chi connectivity index (χ1v) is 8.27. The van der Waals surface area contributed by atoms with Crippen LogP contribution < -0.4 is 0 Å². The molecule has 3 atom stereocenters. The molecule has 0 aromatic heterocycles. The van der Waals surface area contributed by atoms with E-state index in [-0.39, 0.29) is 11.5 Å².